The van der Waals surface area contributed by atoms with Gasteiger partial charge in [0.25, 0.3) is 5.91 Å². The zero-order chi connectivity index (χ0) is 20.4. The van der Waals surface area contributed by atoms with Gasteiger partial charge in [0.2, 0.25) is 5.91 Å². The van der Waals surface area contributed by atoms with Crippen molar-refractivity contribution in [2.75, 3.05) is 18.9 Å². The van der Waals surface area contributed by atoms with Crippen molar-refractivity contribution in [2.24, 2.45) is 5.92 Å². The summed E-state index contributed by atoms with van der Waals surface area (Å²) in [6, 6.07) is 8.71. The number of benzene rings is 1. The van der Waals surface area contributed by atoms with E-state index in [1.54, 1.807) is 31.3 Å². The maximum atomic E-state index is 12.8. The Bertz CT molecular complexity index is 1010. The summed E-state index contributed by atoms with van der Waals surface area (Å²) in [7, 11) is 1.63. The summed E-state index contributed by atoms with van der Waals surface area (Å²) in [6.45, 7) is 6.99. The maximum Gasteiger partial charge on any atom is 0.264 e. The van der Waals surface area contributed by atoms with E-state index in [9.17, 15) is 9.59 Å². The molecule has 0 saturated carbocycles. The summed E-state index contributed by atoms with van der Waals surface area (Å²) in [5, 5.41) is 8.92. The Hall–Kier alpha value is -2.38. The lowest BCUT2D eigenvalue weighted by molar-refractivity contribution is -0.116. The zero-order valence-electron chi connectivity index (χ0n) is 16.3. The SMILES string of the molecule is Cc1nn(CC(C)C)c2sc(C(=O)N(C)CC(=O)Nc3ccc(Cl)cc3)cc12. The van der Waals surface area contributed by atoms with E-state index in [4.69, 9.17) is 11.6 Å². The number of likely N-dealkylation sites (N-methyl/N-ethyl adjacent to an activating group) is 1. The first kappa shape index (κ1) is 20.4. The van der Waals surface area contributed by atoms with Crippen LogP contribution in [0.4, 0.5) is 5.69 Å². The smallest absolute Gasteiger partial charge is 0.264 e. The van der Waals surface area contributed by atoms with Crippen molar-refractivity contribution in [1.29, 1.82) is 0 Å². The molecule has 0 spiro atoms. The molecule has 2 amide bonds. The second-order valence-corrected chi connectivity index (χ2v) is 8.67. The van der Waals surface area contributed by atoms with Gasteiger partial charge in [-0.3, -0.25) is 14.3 Å². The molecule has 0 radical (unpaired) electrons. The Labute approximate surface area is 173 Å². The van der Waals surface area contributed by atoms with Crippen LogP contribution in [0.5, 0.6) is 0 Å². The molecule has 0 aliphatic rings. The Balaban J connectivity index is 1.70. The van der Waals surface area contributed by atoms with Crippen LogP contribution in [0.15, 0.2) is 30.3 Å². The Morgan fingerprint density at radius 1 is 1.29 bits per heavy atom. The summed E-state index contributed by atoms with van der Waals surface area (Å²) in [4.78, 5) is 28.1. The average molecular weight is 419 g/mol. The lowest BCUT2D eigenvalue weighted by Gasteiger charge is -2.16. The van der Waals surface area contributed by atoms with E-state index in [2.05, 4.69) is 24.3 Å². The third kappa shape index (κ3) is 4.54. The fourth-order valence-corrected chi connectivity index (χ4v) is 4.19. The molecule has 0 aliphatic carbocycles. The number of rotatable bonds is 6. The van der Waals surface area contributed by atoms with Crippen molar-refractivity contribution in [1.82, 2.24) is 14.7 Å². The predicted octanol–water partition coefficient (Wildman–Crippen LogP) is 4.43. The molecule has 2 aromatic heterocycles. The Kier molecular flexibility index (Phi) is 6.05. The predicted molar refractivity (Wildman–Crippen MR) is 114 cm³/mol. The lowest BCUT2D eigenvalue weighted by Crippen LogP contribution is -2.34. The quantitative estimate of drug-likeness (QED) is 0.644. The molecular weight excluding hydrogens is 396 g/mol. The number of thiophene rings is 1. The number of hydrogen-bond acceptors (Lipinski definition) is 4. The molecule has 0 saturated heterocycles. The van der Waals surface area contributed by atoms with Crippen LogP contribution in [0.25, 0.3) is 10.2 Å². The first-order valence-corrected chi connectivity index (χ1v) is 10.2. The van der Waals surface area contributed by atoms with Gasteiger partial charge < -0.3 is 10.2 Å². The molecule has 3 aromatic rings. The number of anilines is 1. The number of nitrogens with one attached hydrogen (secondary N) is 1. The number of carbonyl (C=O) groups excluding carboxylic acids is 2. The molecule has 8 heteroatoms. The van der Waals surface area contributed by atoms with Crippen LogP contribution in [0.1, 0.15) is 29.2 Å². The molecular formula is C20H23ClN4O2S. The minimum Gasteiger partial charge on any atom is -0.332 e. The van der Waals surface area contributed by atoms with Crippen molar-refractivity contribution in [2.45, 2.75) is 27.3 Å². The molecule has 28 heavy (non-hydrogen) atoms. The van der Waals surface area contributed by atoms with E-state index < -0.39 is 0 Å². The highest BCUT2D eigenvalue weighted by molar-refractivity contribution is 7.20. The number of aromatic nitrogens is 2. The molecule has 6 nitrogen and oxygen atoms in total. The van der Waals surface area contributed by atoms with Crippen LogP contribution in [-0.2, 0) is 11.3 Å². The van der Waals surface area contributed by atoms with Gasteiger partial charge in [-0.15, -0.1) is 11.3 Å². The third-order valence-corrected chi connectivity index (χ3v) is 5.60. The standard InChI is InChI=1S/C20H23ClN4O2S/c1-12(2)10-25-20-16(13(3)23-25)9-17(28-20)19(27)24(4)11-18(26)22-15-7-5-14(21)6-8-15/h5-9,12H,10-11H2,1-4H3,(H,22,26). The highest BCUT2D eigenvalue weighted by atomic mass is 35.5. The number of fused-ring (bicyclic) bond motifs is 1. The fraction of sp³-hybridized carbons (Fsp3) is 0.350. The van der Waals surface area contributed by atoms with Gasteiger partial charge in [-0.25, -0.2) is 0 Å². The number of nitrogens with zero attached hydrogens (tertiary/aromatic N) is 3. The molecule has 1 N–H and O–H groups in total. The van der Waals surface area contributed by atoms with Crippen molar-refractivity contribution in [3.8, 4) is 0 Å². The van der Waals surface area contributed by atoms with E-state index in [1.165, 1.54) is 16.2 Å². The molecule has 3 rings (SSSR count). The van der Waals surface area contributed by atoms with Crippen LogP contribution < -0.4 is 5.32 Å². The van der Waals surface area contributed by atoms with Gasteiger partial charge in [0.1, 0.15) is 4.83 Å². The first-order chi connectivity index (χ1) is 13.2. The number of aryl methyl sites for hydroxylation is 1. The zero-order valence-corrected chi connectivity index (χ0v) is 17.9. The van der Waals surface area contributed by atoms with Gasteiger partial charge >= 0.3 is 0 Å². The van der Waals surface area contributed by atoms with E-state index >= 15 is 0 Å². The third-order valence-electron chi connectivity index (χ3n) is 4.21. The second-order valence-electron chi connectivity index (χ2n) is 7.21. The number of hydrogen-bond donors (Lipinski definition) is 1. The maximum absolute atomic E-state index is 12.8. The van der Waals surface area contributed by atoms with Crippen LogP contribution in [0, 0.1) is 12.8 Å². The summed E-state index contributed by atoms with van der Waals surface area (Å²) >= 11 is 7.26. The normalized spacial score (nSPS) is 11.2. The van der Waals surface area contributed by atoms with Crippen LogP contribution in [-0.4, -0.2) is 40.1 Å². The van der Waals surface area contributed by atoms with E-state index in [0.29, 0.717) is 21.5 Å². The number of amides is 2. The molecule has 2 heterocycles. The summed E-state index contributed by atoms with van der Waals surface area (Å²) < 4.78 is 1.96. The van der Waals surface area contributed by atoms with E-state index in [1.807, 2.05) is 17.7 Å². The van der Waals surface area contributed by atoms with Crippen molar-refractivity contribution in [3.05, 3.63) is 45.9 Å². The lowest BCUT2D eigenvalue weighted by atomic mass is 10.2. The fourth-order valence-electron chi connectivity index (χ4n) is 2.90. The molecule has 0 fully saturated rings. The molecule has 0 bridgehead atoms. The average Bonchev–Trinajstić information content (AvgIpc) is 3.17. The van der Waals surface area contributed by atoms with Crippen LogP contribution >= 0.6 is 22.9 Å². The van der Waals surface area contributed by atoms with E-state index in [-0.39, 0.29) is 18.4 Å². The van der Waals surface area contributed by atoms with Gasteiger partial charge in [-0.05, 0) is 43.2 Å². The van der Waals surface area contributed by atoms with Crippen LogP contribution in [0.3, 0.4) is 0 Å². The Morgan fingerprint density at radius 2 is 1.96 bits per heavy atom. The van der Waals surface area contributed by atoms with Crippen molar-refractivity contribution >= 4 is 50.7 Å². The van der Waals surface area contributed by atoms with Gasteiger partial charge in [-0.1, -0.05) is 25.4 Å². The molecule has 0 unspecified atom stereocenters. The van der Waals surface area contributed by atoms with Crippen molar-refractivity contribution < 1.29 is 9.59 Å². The van der Waals surface area contributed by atoms with Crippen LogP contribution in [0.2, 0.25) is 5.02 Å². The van der Waals surface area contributed by atoms with Crippen molar-refractivity contribution in [3.63, 3.8) is 0 Å². The van der Waals surface area contributed by atoms with Gasteiger partial charge in [-0.2, -0.15) is 5.10 Å². The minimum atomic E-state index is -0.263. The number of halogens is 1. The number of carbonyl (C=O) groups is 2. The highest BCUT2D eigenvalue weighted by Gasteiger charge is 2.20. The van der Waals surface area contributed by atoms with E-state index in [0.717, 1.165) is 22.5 Å². The van der Waals surface area contributed by atoms with Gasteiger partial charge in [0.15, 0.2) is 0 Å². The molecule has 1 aromatic carbocycles. The topological polar surface area (TPSA) is 67.2 Å². The first-order valence-electron chi connectivity index (χ1n) is 9.02. The Morgan fingerprint density at radius 3 is 2.61 bits per heavy atom. The van der Waals surface area contributed by atoms with Gasteiger partial charge in [0, 0.05) is 29.7 Å². The highest BCUT2D eigenvalue weighted by Crippen LogP contribution is 2.29. The summed E-state index contributed by atoms with van der Waals surface area (Å²) in [5.41, 5.74) is 1.55. The molecule has 148 valence electrons. The molecule has 0 atom stereocenters. The largest absolute Gasteiger partial charge is 0.332 e. The second kappa shape index (κ2) is 8.32. The summed E-state index contributed by atoms with van der Waals surface area (Å²) in [5.74, 6) is 0.0207. The van der Waals surface area contributed by atoms with Gasteiger partial charge in [0.05, 0.1) is 17.1 Å². The summed E-state index contributed by atoms with van der Waals surface area (Å²) in [6.07, 6.45) is 0. The monoisotopic (exact) mass is 418 g/mol. The molecule has 0 aliphatic heterocycles. The minimum absolute atomic E-state index is 0.0349.